The van der Waals surface area contributed by atoms with Crippen molar-refractivity contribution in [2.75, 3.05) is 26.2 Å². The molecule has 2 saturated heterocycles. The van der Waals surface area contributed by atoms with Crippen LogP contribution in [-0.4, -0.2) is 65.8 Å². The zero-order chi connectivity index (χ0) is 24.0. The topological polar surface area (TPSA) is 97.8 Å². The standard InChI is InChI=1S/C27H41N5O2S/c33-24-16-26(34)35-25(24)15-22-11-14-29-27(32-22)31-21-7-5-20(6-8-21)30-17-19-3-1-2-4-23(19)18-9-12-28-13-10-18/h1-2,4,11,18-21,25-26,28,30,34H,3,5-10,12-17H2,(H2,29,31,32). The molecule has 0 aromatic heterocycles. The summed E-state index contributed by atoms with van der Waals surface area (Å²) in [5.74, 6) is 2.39. The van der Waals surface area contributed by atoms with Gasteiger partial charge in [0.2, 0.25) is 0 Å². The van der Waals surface area contributed by atoms with Crippen molar-refractivity contribution in [1.29, 1.82) is 0 Å². The van der Waals surface area contributed by atoms with E-state index >= 15 is 0 Å². The number of aliphatic hydroxyl groups excluding tert-OH is 1. The highest BCUT2D eigenvalue weighted by Crippen LogP contribution is 2.34. The predicted molar refractivity (Wildman–Crippen MR) is 143 cm³/mol. The lowest BCUT2D eigenvalue weighted by Gasteiger charge is -2.35. The van der Waals surface area contributed by atoms with Crippen molar-refractivity contribution in [3.63, 3.8) is 0 Å². The molecule has 192 valence electrons. The van der Waals surface area contributed by atoms with Crippen molar-refractivity contribution in [3.05, 3.63) is 35.6 Å². The number of carbonyl (C=O) groups is 1. The van der Waals surface area contributed by atoms with Gasteiger partial charge in [-0.15, -0.1) is 11.8 Å². The highest BCUT2D eigenvalue weighted by Gasteiger charge is 2.33. The number of rotatable bonds is 7. The predicted octanol–water partition coefficient (Wildman–Crippen LogP) is 2.61. The Hall–Kier alpha value is -1.61. The molecular weight excluding hydrogens is 458 g/mol. The quantitative estimate of drug-likeness (QED) is 0.367. The monoisotopic (exact) mass is 499 g/mol. The smallest absolute Gasteiger partial charge is 0.196 e. The van der Waals surface area contributed by atoms with Crippen molar-refractivity contribution < 1.29 is 9.90 Å². The Morgan fingerprint density at radius 2 is 1.91 bits per heavy atom. The summed E-state index contributed by atoms with van der Waals surface area (Å²) in [6, 6.07) is 1.03. The zero-order valence-corrected chi connectivity index (χ0v) is 21.5. The minimum atomic E-state index is -0.548. The van der Waals surface area contributed by atoms with E-state index in [2.05, 4.69) is 50.6 Å². The van der Waals surface area contributed by atoms with Crippen molar-refractivity contribution in [3.8, 4) is 0 Å². The molecule has 5 aliphatic rings. The van der Waals surface area contributed by atoms with Gasteiger partial charge in [-0.1, -0.05) is 23.8 Å². The second-order valence-electron chi connectivity index (χ2n) is 10.7. The number of aliphatic hydroxyl groups is 1. The van der Waals surface area contributed by atoms with Crippen LogP contribution >= 0.6 is 11.8 Å². The molecule has 1 saturated carbocycles. The average molecular weight is 500 g/mol. The highest BCUT2D eigenvalue weighted by molar-refractivity contribution is 8.01. The van der Waals surface area contributed by atoms with E-state index in [1.165, 1.54) is 43.9 Å². The molecule has 5 rings (SSSR count). The lowest BCUT2D eigenvalue weighted by Crippen LogP contribution is -2.48. The molecule has 35 heavy (non-hydrogen) atoms. The molecule has 3 heterocycles. The van der Waals surface area contributed by atoms with Crippen molar-refractivity contribution in [2.24, 2.45) is 16.8 Å². The van der Waals surface area contributed by atoms with Gasteiger partial charge in [-0.3, -0.25) is 4.79 Å². The lowest BCUT2D eigenvalue weighted by molar-refractivity contribution is -0.118. The Balaban J connectivity index is 1.02. The average Bonchev–Trinajstić information content (AvgIpc) is 3.20. The maximum atomic E-state index is 12.0. The first-order valence-corrected chi connectivity index (χ1v) is 14.5. The molecule has 3 fully saturated rings. The van der Waals surface area contributed by atoms with E-state index in [4.69, 9.17) is 0 Å². The molecule has 3 unspecified atom stereocenters. The fraction of sp³-hybridized carbons (Fsp3) is 0.704. The van der Waals surface area contributed by atoms with Crippen molar-refractivity contribution >= 4 is 23.5 Å². The molecule has 5 N–H and O–H groups in total. The third-order valence-corrected chi connectivity index (χ3v) is 9.41. The van der Waals surface area contributed by atoms with Crippen LogP contribution in [0, 0.1) is 11.8 Å². The first kappa shape index (κ1) is 25.1. The molecule has 8 heteroatoms. The van der Waals surface area contributed by atoms with Gasteiger partial charge in [-0.25, -0.2) is 4.99 Å². The third kappa shape index (κ3) is 6.79. The van der Waals surface area contributed by atoms with Crippen molar-refractivity contribution in [2.45, 2.75) is 80.6 Å². The van der Waals surface area contributed by atoms with Crippen LogP contribution in [0.2, 0.25) is 0 Å². The maximum Gasteiger partial charge on any atom is 0.196 e. The number of ketones is 1. The van der Waals surface area contributed by atoms with E-state index in [-0.39, 0.29) is 17.5 Å². The molecular formula is C27H41N5O2S. The lowest BCUT2D eigenvalue weighted by atomic mass is 9.78. The normalized spacial score (nSPS) is 34.1. The second kappa shape index (κ2) is 12.1. The molecule has 0 spiro atoms. The molecule has 0 bridgehead atoms. The van der Waals surface area contributed by atoms with Crippen LogP contribution < -0.4 is 21.3 Å². The molecule has 7 nitrogen and oxygen atoms in total. The SMILES string of the molecule is O=C1CC(O)SC1CC1=CCN=C(NC2CCC(NCC3CC=CC=C3C3CCNCC3)CC2)N1. The minimum Gasteiger partial charge on any atom is -0.382 e. The van der Waals surface area contributed by atoms with Gasteiger partial charge in [-0.2, -0.15) is 0 Å². The number of hydrogen-bond donors (Lipinski definition) is 5. The molecule has 3 atom stereocenters. The van der Waals surface area contributed by atoms with Gasteiger partial charge in [-0.05, 0) is 75.9 Å². The maximum absolute atomic E-state index is 12.0. The fourth-order valence-corrected chi connectivity index (χ4v) is 7.31. The van der Waals surface area contributed by atoms with E-state index in [0.29, 0.717) is 31.0 Å². The van der Waals surface area contributed by atoms with E-state index in [1.807, 2.05) is 0 Å². The number of thioether (sulfide) groups is 1. The van der Waals surface area contributed by atoms with Gasteiger partial charge in [0.05, 0.1) is 11.8 Å². The van der Waals surface area contributed by atoms with Gasteiger partial charge in [0, 0.05) is 37.2 Å². The van der Waals surface area contributed by atoms with Crippen LogP contribution in [0.5, 0.6) is 0 Å². The largest absolute Gasteiger partial charge is 0.382 e. The van der Waals surface area contributed by atoms with Crippen LogP contribution in [0.4, 0.5) is 0 Å². The summed E-state index contributed by atoms with van der Waals surface area (Å²) in [4.78, 5) is 16.6. The number of guanidine groups is 1. The third-order valence-electron chi connectivity index (χ3n) is 8.18. The summed E-state index contributed by atoms with van der Waals surface area (Å²) < 4.78 is 0. The molecule has 0 aromatic rings. The summed E-state index contributed by atoms with van der Waals surface area (Å²) in [5, 5.41) is 24.0. The number of piperidine rings is 1. The summed E-state index contributed by atoms with van der Waals surface area (Å²) in [6.45, 7) is 4.04. The Morgan fingerprint density at radius 3 is 2.69 bits per heavy atom. The van der Waals surface area contributed by atoms with Gasteiger partial charge < -0.3 is 26.4 Å². The van der Waals surface area contributed by atoms with Crippen molar-refractivity contribution in [1.82, 2.24) is 21.3 Å². The summed E-state index contributed by atoms with van der Waals surface area (Å²) in [5.41, 5.74) is 2.17. The molecule has 0 amide bonds. The highest BCUT2D eigenvalue weighted by atomic mass is 32.2. The Kier molecular flexibility index (Phi) is 8.65. The molecule has 3 aliphatic heterocycles. The number of aliphatic imine (C=N–C) groups is 1. The van der Waals surface area contributed by atoms with Crippen LogP contribution in [0.1, 0.15) is 57.8 Å². The van der Waals surface area contributed by atoms with Gasteiger partial charge in [0.15, 0.2) is 5.96 Å². The molecule has 2 aliphatic carbocycles. The van der Waals surface area contributed by atoms with Crippen LogP contribution in [0.25, 0.3) is 0 Å². The Bertz CT molecular complexity index is 871. The van der Waals surface area contributed by atoms with E-state index in [1.54, 1.807) is 5.57 Å². The van der Waals surface area contributed by atoms with Crippen LogP contribution in [0.3, 0.4) is 0 Å². The summed E-state index contributed by atoms with van der Waals surface area (Å²) >= 11 is 1.38. The Labute approximate surface area is 213 Å². The second-order valence-corrected chi connectivity index (χ2v) is 12.0. The number of Topliss-reactive ketones (excluding diaryl/α,β-unsaturated/α-hetero) is 1. The number of nitrogens with zero attached hydrogens (tertiary/aromatic N) is 1. The number of carbonyl (C=O) groups excluding carboxylic acids is 1. The number of allylic oxidation sites excluding steroid dienone is 4. The van der Waals surface area contributed by atoms with Gasteiger partial charge >= 0.3 is 0 Å². The minimum absolute atomic E-state index is 0.144. The first-order valence-electron chi connectivity index (χ1n) is 13.6. The summed E-state index contributed by atoms with van der Waals surface area (Å²) in [6.07, 6.45) is 18.3. The van der Waals surface area contributed by atoms with Gasteiger partial charge in [0.25, 0.3) is 0 Å². The molecule has 0 aromatic carbocycles. The number of hydrogen-bond acceptors (Lipinski definition) is 8. The van der Waals surface area contributed by atoms with Crippen LogP contribution in [-0.2, 0) is 4.79 Å². The van der Waals surface area contributed by atoms with E-state index < -0.39 is 5.44 Å². The first-order chi connectivity index (χ1) is 17.1. The van der Waals surface area contributed by atoms with E-state index in [9.17, 15) is 9.90 Å². The Morgan fingerprint density at radius 1 is 1.11 bits per heavy atom. The van der Waals surface area contributed by atoms with Gasteiger partial charge in [0.1, 0.15) is 11.2 Å². The summed E-state index contributed by atoms with van der Waals surface area (Å²) in [7, 11) is 0. The van der Waals surface area contributed by atoms with Crippen LogP contribution in [0.15, 0.2) is 40.6 Å². The van der Waals surface area contributed by atoms with E-state index in [0.717, 1.165) is 50.1 Å². The zero-order valence-electron chi connectivity index (χ0n) is 20.7. The fourth-order valence-electron chi connectivity index (χ4n) is 6.15. The molecule has 0 radical (unpaired) electrons. The number of nitrogens with one attached hydrogen (secondary N) is 4.